The molecule has 0 saturated heterocycles. The van der Waals surface area contributed by atoms with Crippen LogP contribution < -0.4 is 22.1 Å². The highest BCUT2D eigenvalue weighted by molar-refractivity contribution is 14.1. The number of nitrogens with zero attached hydrogens (tertiary/aromatic N) is 4. The molecular weight excluding hydrogens is 463 g/mol. The lowest BCUT2D eigenvalue weighted by Crippen LogP contribution is -2.32. The van der Waals surface area contributed by atoms with Gasteiger partial charge in [-0.15, -0.1) is 0 Å². The topological polar surface area (TPSA) is 186 Å². The number of nitrogen functional groups attached to an aromatic ring is 2. The second kappa shape index (κ2) is 6.97. The molecule has 0 bridgehead atoms. The van der Waals surface area contributed by atoms with Gasteiger partial charge in [-0.25, -0.2) is 14.8 Å². The van der Waals surface area contributed by atoms with Crippen LogP contribution >= 0.6 is 22.6 Å². The third kappa shape index (κ3) is 3.16. The molecule has 3 rings (SSSR count). The normalized spacial score (nSPS) is 14.8. The molecular formula is C16H11IN8O2. The van der Waals surface area contributed by atoms with Gasteiger partial charge in [0.1, 0.15) is 29.3 Å². The summed E-state index contributed by atoms with van der Waals surface area (Å²) in [5.41, 5.74) is 13.3. The molecule has 1 aromatic heterocycles. The number of guanidine groups is 1. The monoisotopic (exact) mass is 474 g/mol. The van der Waals surface area contributed by atoms with Crippen molar-refractivity contribution in [3.05, 3.63) is 44.0 Å². The smallest absolute Gasteiger partial charge is 0.336 e. The fraction of sp³-hybridized carbons (Fsp3) is 0.0625. The maximum Gasteiger partial charge on any atom is 0.336 e. The highest BCUT2D eigenvalue weighted by Crippen LogP contribution is 2.40. The summed E-state index contributed by atoms with van der Waals surface area (Å²) in [6, 6.07) is 5.92. The fourth-order valence-electron chi connectivity index (χ4n) is 2.70. The van der Waals surface area contributed by atoms with Crippen LogP contribution in [0.2, 0.25) is 0 Å². The minimum Gasteiger partial charge on any atom is -0.478 e. The average molecular weight is 474 g/mol. The number of hydrogen-bond donors (Lipinski definition) is 5. The second-order valence-electron chi connectivity index (χ2n) is 5.45. The molecule has 0 radical (unpaired) electrons. The largest absolute Gasteiger partial charge is 0.478 e. The van der Waals surface area contributed by atoms with E-state index in [9.17, 15) is 15.2 Å². The number of nitrogens with one attached hydrogen (secondary N) is 2. The van der Waals surface area contributed by atoms with Gasteiger partial charge in [-0.1, -0.05) is 6.07 Å². The predicted molar refractivity (Wildman–Crippen MR) is 106 cm³/mol. The fourth-order valence-corrected chi connectivity index (χ4v) is 3.47. The maximum absolute atomic E-state index is 11.3. The van der Waals surface area contributed by atoms with Gasteiger partial charge >= 0.3 is 5.97 Å². The zero-order chi connectivity index (χ0) is 19.7. The second-order valence-corrected chi connectivity index (χ2v) is 6.61. The number of pyridine rings is 1. The van der Waals surface area contributed by atoms with Gasteiger partial charge in [0, 0.05) is 9.13 Å². The van der Waals surface area contributed by atoms with E-state index in [4.69, 9.17) is 16.7 Å². The lowest BCUT2D eigenvalue weighted by Gasteiger charge is -2.26. The molecule has 1 aliphatic rings. The average Bonchev–Trinajstić information content (AvgIpc) is 2.61. The molecule has 1 aromatic carbocycles. The molecule has 10 nitrogen and oxygen atoms in total. The number of benzene rings is 1. The SMILES string of the molecule is N#CNC1=NC(c2ccc(C(=O)O)c(I)c2)c2c(nc(N)c(C#N)c2N)N1. The van der Waals surface area contributed by atoms with Gasteiger partial charge in [0.2, 0.25) is 5.96 Å². The van der Waals surface area contributed by atoms with E-state index in [1.807, 2.05) is 28.7 Å². The van der Waals surface area contributed by atoms with Crippen molar-refractivity contribution in [2.75, 3.05) is 16.8 Å². The first-order chi connectivity index (χ1) is 12.9. The summed E-state index contributed by atoms with van der Waals surface area (Å²) in [4.78, 5) is 19.8. The van der Waals surface area contributed by atoms with E-state index in [2.05, 4.69) is 20.6 Å². The number of fused-ring (bicyclic) bond motifs is 1. The van der Waals surface area contributed by atoms with Crippen molar-refractivity contribution in [1.29, 1.82) is 10.5 Å². The molecule has 2 heterocycles. The number of hydrogen-bond acceptors (Lipinski definition) is 9. The third-order valence-corrected chi connectivity index (χ3v) is 4.79. The van der Waals surface area contributed by atoms with Crippen molar-refractivity contribution in [1.82, 2.24) is 10.3 Å². The van der Waals surface area contributed by atoms with Crippen LogP contribution in [0.1, 0.15) is 33.1 Å². The molecule has 0 aliphatic carbocycles. The number of aromatic carboxylic acids is 1. The van der Waals surface area contributed by atoms with Crippen LogP contribution in [0.5, 0.6) is 0 Å². The summed E-state index contributed by atoms with van der Waals surface area (Å²) in [6.45, 7) is 0. The van der Waals surface area contributed by atoms with Gasteiger partial charge in [-0.2, -0.15) is 10.5 Å². The standard InChI is InChI=1S/C16H11IN8O2/c17-9-3-6(1-2-7(9)15(26)27)12-10-11(20)8(4-18)13(21)24-14(10)25-16(23-12)22-5-19/h1-3,12H,(H,26,27)(H6,20,21,22,23,24,25). The minimum absolute atomic E-state index is 0.0318. The molecule has 1 atom stereocenters. The lowest BCUT2D eigenvalue weighted by molar-refractivity contribution is 0.0695. The Morgan fingerprint density at radius 3 is 2.70 bits per heavy atom. The van der Waals surface area contributed by atoms with Crippen molar-refractivity contribution in [2.24, 2.45) is 4.99 Å². The summed E-state index contributed by atoms with van der Waals surface area (Å²) in [5, 5.41) is 32.6. The molecule has 27 heavy (non-hydrogen) atoms. The minimum atomic E-state index is -1.05. The van der Waals surface area contributed by atoms with E-state index >= 15 is 0 Å². The van der Waals surface area contributed by atoms with Crippen LogP contribution in [0.25, 0.3) is 0 Å². The van der Waals surface area contributed by atoms with Gasteiger partial charge in [0.15, 0.2) is 6.19 Å². The van der Waals surface area contributed by atoms with Crippen LogP contribution in [0, 0.1) is 26.4 Å². The molecule has 2 aromatic rings. The number of rotatable bonds is 2. The molecule has 7 N–H and O–H groups in total. The molecule has 134 valence electrons. The summed E-state index contributed by atoms with van der Waals surface area (Å²) in [6.07, 6.45) is 1.76. The molecule has 0 fully saturated rings. The van der Waals surface area contributed by atoms with E-state index in [1.54, 1.807) is 18.3 Å². The van der Waals surface area contributed by atoms with E-state index in [0.29, 0.717) is 14.7 Å². The number of anilines is 3. The maximum atomic E-state index is 11.3. The number of nitrogens with two attached hydrogens (primary N) is 2. The Bertz CT molecular complexity index is 1080. The van der Waals surface area contributed by atoms with E-state index < -0.39 is 12.0 Å². The highest BCUT2D eigenvalue weighted by Gasteiger charge is 2.30. The Morgan fingerprint density at radius 1 is 1.37 bits per heavy atom. The number of halogens is 1. The van der Waals surface area contributed by atoms with Crippen LogP contribution in [0.15, 0.2) is 23.2 Å². The third-order valence-electron chi connectivity index (χ3n) is 3.90. The number of nitriles is 2. The van der Waals surface area contributed by atoms with Crippen molar-refractivity contribution < 1.29 is 9.90 Å². The van der Waals surface area contributed by atoms with Crippen molar-refractivity contribution in [3.63, 3.8) is 0 Å². The Labute approximate surface area is 166 Å². The molecule has 11 heteroatoms. The number of carboxylic acid groups (broad SMARTS) is 1. The molecule has 0 saturated carbocycles. The Kier molecular flexibility index (Phi) is 4.70. The van der Waals surface area contributed by atoms with Crippen molar-refractivity contribution in [3.8, 4) is 12.3 Å². The van der Waals surface area contributed by atoms with Crippen LogP contribution in [-0.2, 0) is 0 Å². The van der Waals surface area contributed by atoms with Gasteiger partial charge in [-0.3, -0.25) is 5.32 Å². The van der Waals surface area contributed by atoms with E-state index in [-0.39, 0.29) is 34.4 Å². The van der Waals surface area contributed by atoms with Crippen LogP contribution in [0.4, 0.5) is 17.3 Å². The first-order valence-electron chi connectivity index (χ1n) is 7.39. The summed E-state index contributed by atoms with van der Waals surface area (Å²) >= 11 is 1.91. The van der Waals surface area contributed by atoms with Crippen molar-refractivity contribution >= 4 is 51.8 Å². The Balaban J connectivity index is 2.23. The molecule has 1 aliphatic heterocycles. The van der Waals surface area contributed by atoms with Gasteiger partial charge in [0.05, 0.1) is 11.3 Å². The summed E-state index contributed by atoms with van der Waals surface area (Å²) in [7, 11) is 0. The number of carboxylic acids is 1. The number of aliphatic imine (C=N–C) groups is 1. The zero-order valence-corrected chi connectivity index (χ0v) is 15.6. The predicted octanol–water partition coefficient (Wildman–Crippen LogP) is 1.36. The molecule has 0 amide bonds. The highest BCUT2D eigenvalue weighted by atomic mass is 127. The van der Waals surface area contributed by atoms with Crippen molar-refractivity contribution in [2.45, 2.75) is 6.04 Å². The van der Waals surface area contributed by atoms with E-state index in [1.165, 1.54) is 6.07 Å². The summed E-state index contributed by atoms with van der Waals surface area (Å²) in [5.74, 6) is -0.705. The number of carbonyl (C=O) groups is 1. The zero-order valence-electron chi connectivity index (χ0n) is 13.5. The van der Waals surface area contributed by atoms with Crippen LogP contribution in [-0.4, -0.2) is 22.0 Å². The lowest BCUT2D eigenvalue weighted by atomic mass is 9.94. The number of aromatic nitrogens is 1. The Hall–Kier alpha value is -3.58. The van der Waals surface area contributed by atoms with Gasteiger partial charge in [0.25, 0.3) is 0 Å². The summed E-state index contributed by atoms with van der Waals surface area (Å²) < 4.78 is 0.505. The van der Waals surface area contributed by atoms with Gasteiger partial charge < -0.3 is 21.9 Å². The first-order valence-corrected chi connectivity index (χ1v) is 8.46. The van der Waals surface area contributed by atoms with E-state index in [0.717, 1.165) is 0 Å². The molecule has 1 unspecified atom stereocenters. The quantitative estimate of drug-likeness (QED) is 0.243. The van der Waals surface area contributed by atoms with Crippen LogP contribution in [0.3, 0.4) is 0 Å². The molecule has 0 spiro atoms. The Morgan fingerprint density at radius 2 is 2.11 bits per heavy atom. The first kappa shape index (κ1) is 18.2. The van der Waals surface area contributed by atoms with Gasteiger partial charge in [-0.05, 0) is 40.3 Å².